The maximum Gasteiger partial charge on any atom is 0.241 e. The van der Waals surface area contributed by atoms with E-state index in [4.69, 9.17) is 5.73 Å². The van der Waals surface area contributed by atoms with E-state index in [0.717, 1.165) is 5.69 Å². The average molecular weight is 251 g/mol. The molecule has 1 heterocycles. The molecule has 0 amide bonds. The molecule has 0 aliphatic carbocycles. The van der Waals surface area contributed by atoms with Crippen molar-refractivity contribution in [2.45, 2.75) is 6.92 Å². The second-order valence-electron chi connectivity index (χ2n) is 2.62. The summed E-state index contributed by atoms with van der Waals surface area (Å²) in [5, 5.41) is 2.08. The SMILES string of the molecule is Cc1csc(NS(=O)(=O)CC(N)=S)n1. The van der Waals surface area contributed by atoms with E-state index in [2.05, 4.69) is 21.9 Å². The maximum atomic E-state index is 11.3. The van der Waals surface area contributed by atoms with Crippen LogP contribution in [0.5, 0.6) is 0 Å². The predicted molar refractivity (Wildman–Crippen MR) is 61.0 cm³/mol. The van der Waals surface area contributed by atoms with Crippen LogP contribution in [0.1, 0.15) is 5.69 Å². The molecule has 3 N–H and O–H groups in total. The van der Waals surface area contributed by atoms with Gasteiger partial charge in [0.1, 0.15) is 5.75 Å². The van der Waals surface area contributed by atoms with Crippen molar-refractivity contribution >= 4 is 43.7 Å². The van der Waals surface area contributed by atoms with Gasteiger partial charge in [-0.2, -0.15) is 0 Å². The first-order valence-corrected chi connectivity index (χ1v) is 6.54. The van der Waals surface area contributed by atoms with Crippen LogP contribution in [0.3, 0.4) is 0 Å². The number of rotatable bonds is 4. The van der Waals surface area contributed by atoms with Gasteiger partial charge in [-0.15, -0.1) is 11.3 Å². The van der Waals surface area contributed by atoms with Crippen LogP contribution in [0, 0.1) is 6.92 Å². The lowest BCUT2D eigenvalue weighted by Gasteiger charge is -2.02. The molecule has 0 aliphatic rings. The molecule has 5 nitrogen and oxygen atoms in total. The highest BCUT2D eigenvalue weighted by molar-refractivity contribution is 7.95. The summed E-state index contributed by atoms with van der Waals surface area (Å²) in [7, 11) is -3.49. The lowest BCUT2D eigenvalue weighted by molar-refractivity contribution is 0.605. The van der Waals surface area contributed by atoms with Gasteiger partial charge < -0.3 is 5.73 Å². The summed E-state index contributed by atoms with van der Waals surface area (Å²) in [6.45, 7) is 1.78. The second-order valence-corrected chi connectivity index (χ2v) is 5.73. The molecule has 0 unspecified atom stereocenters. The Kier molecular flexibility index (Phi) is 3.40. The van der Waals surface area contributed by atoms with Crippen LogP contribution in [0.15, 0.2) is 5.38 Å². The largest absolute Gasteiger partial charge is 0.392 e. The van der Waals surface area contributed by atoms with Gasteiger partial charge in [-0.05, 0) is 6.92 Å². The molecule has 0 aliphatic heterocycles. The van der Waals surface area contributed by atoms with E-state index < -0.39 is 10.0 Å². The lowest BCUT2D eigenvalue weighted by atomic mass is 10.6. The summed E-state index contributed by atoms with van der Waals surface area (Å²) in [5.74, 6) is -0.360. The van der Waals surface area contributed by atoms with Crippen LogP contribution in [-0.2, 0) is 10.0 Å². The fraction of sp³-hybridized carbons (Fsp3) is 0.333. The third-order valence-electron chi connectivity index (χ3n) is 1.19. The summed E-state index contributed by atoms with van der Waals surface area (Å²) >= 11 is 5.72. The molecule has 0 radical (unpaired) electrons. The van der Waals surface area contributed by atoms with E-state index in [0.29, 0.717) is 5.13 Å². The van der Waals surface area contributed by atoms with E-state index in [1.165, 1.54) is 11.3 Å². The number of hydrogen-bond acceptors (Lipinski definition) is 5. The smallest absolute Gasteiger partial charge is 0.241 e. The standard InChI is InChI=1S/C6H9N3O2S3/c1-4-2-13-6(8-4)9-14(10,11)3-5(7)12/h2H,3H2,1H3,(H2,7,12)(H,8,9). The Balaban J connectivity index is 2.73. The third kappa shape index (κ3) is 3.56. The zero-order valence-corrected chi connectivity index (χ0v) is 9.80. The number of nitrogens with zero attached hydrogens (tertiary/aromatic N) is 1. The van der Waals surface area contributed by atoms with Crippen LogP contribution in [0.4, 0.5) is 5.13 Å². The van der Waals surface area contributed by atoms with E-state index in [1.54, 1.807) is 12.3 Å². The Labute approximate surface area is 91.4 Å². The van der Waals surface area contributed by atoms with Crippen LogP contribution in [0.2, 0.25) is 0 Å². The van der Waals surface area contributed by atoms with Gasteiger partial charge in [0.25, 0.3) is 0 Å². The molecule has 0 atom stereocenters. The number of nitrogens with one attached hydrogen (secondary N) is 1. The van der Waals surface area contributed by atoms with Crippen molar-refractivity contribution in [3.63, 3.8) is 0 Å². The highest BCUT2D eigenvalue weighted by Crippen LogP contribution is 2.15. The summed E-state index contributed by atoms with van der Waals surface area (Å²) in [6.07, 6.45) is 0. The summed E-state index contributed by atoms with van der Waals surface area (Å²) < 4.78 is 24.9. The summed E-state index contributed by atoms with van der Waals surface area (Å²) in [5.41, 5.74) is 5.90. The number of sulfonamides is 1. The predicted octanol–water partition coefficient (Wildman–Crippen LogP) is 0.479. The van der Waals surface area contributed by atoms with Crippen LogP contribution in [-0.4, -0.2) is 24.1 Å². The van der Waals surface area contributed by atoms with Gasteiger partial charge >= 0.3 is 0 Å². The first kappa shape index (κ1) is 11.3. The topological polar surface area (TPSA) is 85.1 Å². The van der Waals surface area contributed by atoms with E-state index in [-0.39, 0.29) is 10.7 Å². The molecule has 1 aromatic rings. The molecule has 1 rings (SSSR count). The molecule has 8 heteroatoms. The van der Waals surface area contributed by atoms with Gasteiger partial charge in [0, 0.05) is 5.38 Å². The molecule has 0 aromatic carbocycles. The number of hydrogen-bond donors (Lipinski definition) is 2. The fourth-order valence-corrected chi connectivity index (χ4v) is 3.09. The van der Waals surface area contributed by atoms with Crippen molar-refractivity contribution < 1.29 is 8.42 Å². The number of anilines is 1. The van der Waals surface area contributed by atoms with Crippen molar-refractivity contribution in [1.29, 1.82) is 0 Å². The van der Waals surface area contributed by atoms with Gasteiger partial charge in [-0.3, -0.25) is 4.72 Å². The molecule has 0 spiro atoms. The highest BCUT2D eigenvalue weighted by atomic mass is 32.2. The molecular weight excluding hydrogens is 242 g/mol. The number of nitrogens with two attached hydrogens (primary N) is 1. The zero-order valence-electron chi connectivity index (χ0n) is 7.35. The average Bonchev–Trinajstić information content (AvgIpc) is 2.30. The van der Waals surface area contributed by atoms with Gasteiger partial charge in [-0.1, -0.05) is 12.2 Å². The molecule has 0 fully saturated rings. The molecular formula is C6H9N3O2S3. The van der Waals surface area contributed by atoms with Crippen LogP contribution in [0.25, 0.3) is 0 Å². The lowest BCUT2D eigenvalue weighted by Crippen LogP contribution is -2.26. The molecule has 14 heavy (non-hydrogen) atoms. The molecule has 0 bridgehead atoms. The monoisotopic (exact) mass is 251 g/mol. The first-order chi connectivity index (χ1) is 6.39. The molecule has 0 saturated heterocycles. The normalized spacial score (nSPS) is 11.2. The van der Waals surface area contributed by atoms with E-state index in [9.17, 15) is 8.42 Å². The van der Waals surface area contributed by atoms with Gasteiger partial charge in [-0.25, -0.2) is 13.4 Å². The van der Waals surface area contributed by atoms with E-state index in [1.807, 2.05) is 0 Å². The Bertz CT molecular complexity index is 437. The van der Waals surface area contributed by atoms with E-state index >= 15 is 0 Å². The zero-order chi connectivity index (χ0) is 10.8. The molecule has 78 valence electrons. The van der Waals surface area contributed by atoms with Crippen molar-refractivity contribution in [3.05, 3.63) is 11.1 Å². The van der Waals surface area contributed by atoms with Crippen LogP contribution >= 0.6 is 23.6 Å². The Morgan fingerprint density at radius 1 is 1.79 bits per heavy atom. The maximum absolute atomic E-state index is 11.3. The Morgan fingerprint density at radius 2 is 2.43 bits per heavy atom. The Hall–Kier alpha value is -0.730. The minimum Gasteiger partial charge on any atom is -0.392 e. The minimum atomic E-state index is -3.49. The fourth-order valence-electron chi connectivity index (χ4n) is 0.757. The van der Waals surface area contributed by atoms with Crippen LogP contribution < -0.4 is 10.5 Å². The molecule has 1 aromatic heterocycles. The molecule has 0 saturated carbocycles. The number of aromatic nitrogens is 1. The minimum absolute atomic E-state index is 0.0641. The Morgan fingerprint density at radius 3 is 2.86 bits per heavy atom. The number of thiazole rings is 1. The quantitative estimate of drug-likeness (QED) is 0.760. The third-order valence-corrected chi connectivity index (χ3v) is 3.72. The summed E-state index contributed by atoms with van der Waals surface area (Å²) in [4.78, 5) is 3.88. The van der Waals surface area contributed by atoms with Crippen molar-refractivity contribution in [2.75, 3.05) is 10.5 Å². The summed E-state index contributed by atoms with van der Waals surface area (Å²) in [6, 6.07) is 0. The second kappa shape index (κ2) is 4.20. The van der Waals surface area contributed by atoms with Gasteiger partial charge in [0.15, 0.2) is 5.13 Å². The van der Waals surface area contributed by atoms with Crippen molar-refractivity contribution in [3.8, 4) is 0 Å². The number of aryl methyl sites for hydroxylation is 1. The van der Waals surface area contributed by atoms with Crippen molar-refractivity contribution in [1.82, 2.24) is 4.98 Å². The first-order valence-electron chi connectivity index (χ1n) is 3.60. The highest BCUT2D eigenvalue weighted by Gasteiger charge is 2.13. The van der Waals surface area contributed by atoms with Crippen molar-refractivity contribution in [2.24, 2.45) is 5.73 Å². The van der Waals surface area contributed by atoms with Gasteiger partial charge in [0.05, 0.1) is 10.7 Å². The van der Waals surface area contributed by atoms with Gasteiger partial charge in [0.2, 0.25) is 10.0 Å². The number of thiocarbonyl (C=S) groups is 1.